The number of methoxy groups -OCH3 is 1. The molecule has 0 saturated carbocycles. The van der Waals surface area contributed by atoms with Gasteiger partial charge in [0.1, 0.15) is 13.2 Å². The van der Waals surface area contributed by atoms with Gasteiger partial charge in [-0.2, -0.15) is 0 Å². The van der Waals surface area contributed by atoms with Crippen LogP contribution in [0.25, 0.3) is 6.08 Å². The fourth-order valence-electron chi connectivity index (χ4n) is 3.03. The van der Waals surface area contributed by atoms with Crippen LogP contribution in [-0.2, 0) is 0 Å². The van der Waals surface area contributed by atoms with Crippen molar-refractivity contribution in [2.45, 2.75) is 6.92 Å². The second-order valence-electron chi connectivity index (χ2n) is 6.54. The lowest BCUT2D eigenvalue weighted by molar-refractivity contribution is 0.103. The minimum absolute atomic E-state index is 0.0740. The quantitative estimate of drug-likeness (QED) is 0.495. The summed E-state index contributed by atoms with van der Waals surface area (Å²) in [5.41, 5.74) is 9.35. The summed E-state index contributed by atoms with van der Waals surface area (Å²) in [5, 5.41) is 0. The number of nitrogens with two attached hydrogens (primary N) is 1. The van der Waals surface area contributed by atoms with Gasteiger partial charge < -0.3 is 24.8 Å². The molecule has 2 aromatic carbocycles. The van der Waals surface area contributed by atoms with Crippen molar-refractivity contribution in [3.05, 3.63) is 47.0 Å². The van der Waals surface area contributed by atoms with Gasteiger partial charge in [0, 0.05) is 25.2 Å². The largest absolute Gasteiger partial charge is 0.492 e. The summed E-state index contributed by atoms with van der Waals surface area (Å²) in [6.45, 7) is 2.76. The number of anilines is 2. The van der Waals surface area contributed by atoms with Crippen LogP contribution in [0.2, 0.25) is 0 Å². The monoisotopic (exact) mass is 368 g/mol. The molecule has 2 aromatic rings. The van der Waals surface area contributed by atoms with Crippen LogP contribution in [0.15, 0.2) is 35.9 Å². The predicted octanol–water partition coefficient (Wildman–Crippen LogP) is 3.40. The van der Waals surface area contributed by atoms with E-state index in [1.54, 1.807) is 38.3 Å². The number of carbonyl (C=O) groups is 1. The summed E-state index contributed by atoms with van der Waals surface area (Å²) in [5.74, 6) is 1.70. The molecule has 0 atom stereocenters. The van der Waals surface area contributed by atoms with Crippen LogP contribution in [0, 0.1) is 0 Å². The summed E-state index contributed by atoms with van der Waals surface area (Å²) in [7, 11) is 5.36. The van der Waals surface area contributed by atoms with Gasteiger partial charge in [0.15, 0.2) is 17.3 Å². The molecule has 1 aliphatic rings. The van der Waals surface area contributed by atoms with E-state index < -0.39 is 0 Å². The van der Waals surface area contributed by atoms with E-state index in [0.717, 1.165) is 11.3 Å². The number of nitrogen functional groups attached to an aromatic ring is 1. The topological polar surface area (TPSA) is 74.0 Å². The molecule has 0 aliphatic carbocycles. The molecule has 0 spiro atoms. The summed E-state index contributed by atoms with van der Waals surface area (Å²) >= 11 is 0. The van der Waals surface area contributed by atoms with E-state index >= 15 is 0 Å². The standard InChI is InChI=1S/C21H24N2O4/c1-13(19(24)14-5-7-16(22)17(12-14)23(2)3)11-15-6-8-18-21(20(15)25-4)27-10-9-26-18/h5-8,11-12H,9-10,22H2,1-4H3/b13-11+. The average molecular weight is 368 g/mol. The third-order valence-electron chi connectivity index (χ3n) is 4.40. The Hall–Kier alpha value is -3.15. The number of fused-ring (bicyclic) bond motifs is 1. The number of allylic oxidation sites excluding steroid dienone is 1. The molecule has 0 unspecified atom stereocenters. The number of nitrogens with zero attached hydrogens (tertiary/aromatic N) is 1. The van der Waals surface area contributed by atoms with Crippen molar-refractivity contribution in [2.75, 3.05) is 45.1 Å². The number of Topliss-reactive ketones (excluding diaryl/α,β-unsaturated/α-hetero) is 1. The van der Waals surface area contributed by atoms with Gasteiger partial charge in [-0.3, -0.25) is 4.79 Å². The SMILES string of the molecule is COc1c(/C=C(\C)C(=O)c2ccc(N)c(N(C)C)c2)ccc2c1OCCO2. The zero-order valence-corrected chi connectivity index (χ0v) is 16.0. The zero-order valence-electron chi connectivity index (χ0n) is 16.0. The van der Waals surface area contributed by atoms with Gasteiger partial charge in [0.05, 0.1) is 18.5 Å². The van der Waals surface area contributed by atoms with Gasteiger partial charge in [0.25, 0.3) is 0 Å². The molecule has 0 saturated heterocycles. The van der Waals surface area contributed by atoms with Gasteiger partial charge >= 0.3 is 0 Å². The fourth-order valence-corrected chi connectivity index (χ4v) is 3.03. The van der Waals surface area contributed by atoms with Crippen molar-refractivity contribution in [3.8, 4) is 17.2 Å². The molecule has 0 amide bonds. The molecule has 0 radical (unpaired) electrons. The van der Waals surface area contributed by atoms with E-state index in [0.29, 0.717) is 47.3 Å². The smallest absolute Gasteiger partial charge is 0.204 e. The molecule has 27 heavy (non-hydrogen) atoms. The molecule has 6 heteroatoms. The van der Waals surface area contributed by atoms with E-state index in [1.165, 1.54) is 0 Å². The van der Waals surface area contributed by atoms with Gasteiger partial charge in [0.2, 0.25) is 5.75 Å². The Balaban J connectivity index is 1.96. The first-order chi connectivity index (χ1) is 12.9. The van der Waals surface area contributed by atoms with Crippen molar-refractivity contribution >= 4 is 23.2 Å². The van der Waals surface area contributed by atoms with Gasteiger partial charge in [-0.15, -0.1) is 0 Å². The number of ketones is 1. The minimum atomic E-state index is -0.0740. The van der Waals surface area contributed by atoms with Crippen molar-refractivity contribution in [1.82, 2.24) is 0 Å². The Morgan fingerprint density at radius 1 is 1.19 bits per heavy atom. The van der Waals surface area contributed by atoms with Crippen LogP contribution in [0.4, 0.5) is 11.4 Å². The van der Waals surface area contributed by atoms with E-state index in [-0.39, 0.29) is 5.78 Å². The molecule has 1 heterocycles. The second kappa shape index (κ2) is 7.61. The first-order valence-electron chi connectivity index (χ1n) is 8.68. The Labute approximate surface area is 159 Å². The highest BCUT2D eigenvalue weighted by atomic mass is 16.6. The Kier molecular flexibility index (Phi) is 5.26. The lowest BCUT2D eigenvalue weighted by Gasteiger charge is -2.21. The molecule has 0 aromatic heterocycles. The fraction of sp³-hybridized carbons (Fsp3) is 0.286. The normalized spacial score (nSPS) is 13.3. The summed E-state index contributed by atoms with van der Waals surface area (Å²) in [4.78, 5) is 14.8. The molecule has 0 bridgehead atoms. The zero-order chi connectivity index (χ0) is 19.6. The second-order valence-corrected chi connectivity index (χ2v) is 6.54. The van der Waals surface area contributed by atoms with Crippen LogP contribution in [0.3, 0.4) is 0 Å². The summed E-state index contributed by atoms with van der Waals surface area (Å²) in [6.07, 6.45) is 1.80. The lowest BCUT2D eigenvalue weighted by atomic mass is 10.0. The molecule has 3 rings (SSSR count). The Bertz CT molecular complexity index is 903. The maximum absolute atomic E-state index is 12.9. The lowest BCUT2D eigenvalue weighted by Crippen LogP contribution is -2.16. The molecule has 142 valence electrons. The van der Waals surface area contributed by atoms with Crippen molar-refractivity contribution in [2.24, 2.45) is 0 Å². The van der Waals surface area contributed by atoms with Crippen molar-refractivity contribution in [3.63, 3.8) is 0 Å². The highest BCUT2D eigenvalue weighted by Gasteiger charge is 2.20. The number of hydrogen-bond donors (Lipinski definition) is 1. The number of ether oxygens (including phenoxy) is 3. The van der Waals surface area contributed by atoms with E-state index in [1.807, 2.05) is 31.1 Å². The van der Waals surface area contributed by atoms with E-state index in [4.69, 9.17) is 19.9 Å². The molecule has 0 fully saturated rings. The van der Waals surface area contributed by atoms with Crippen LogP contribution in [0.1, 0.15) is 22.8 Å². The summed E-state index contributed by atoms with van der Waals surface area (Å²) < 4.78 is 16.8. The maximum Gasteiger partial charge on any atom is 0.204 e. The predicted molar refractivity (Wildman–Crippen MR) is 107 cm³/mol. The number of rotatable bonds is 5. The third kappa shape index (κ3) is 3.69. The highest BCUT2D eigenvalue weighted by Crippen LogP contribution is 2.42. The van der Waals surface area contributed by atoms with Gasteiger partial charge in [-0.1, -0.05) is 0 Å². The van der Waals surface area contributed by atoms with Crippen molar-refractivity contribution < 1.29 is 19.0 Å². The molecule has 6 nitrogen and oxygen atoms in total. The maximum atomic E-state index is 12.9. The van der Waals surface area contributed by atoms with E-state index in [9.17, 15) is 4.79 Å². The molecule has 1 aliphatic heterocycles. The molecular formula is C21H24N2O4. The third-order valence-corrected chi connectivity index (χ3v) is 4.40. The summed E-state index contributed by atoms with van der Waals surface area (Å²) in [6, 6.07) is 8.98. The van der Waals surface area contributed by atoms with E-state index in [2.05, 4.69) is 0 Å². The van der Waals surface area contributed by atoms with Crippen LogP contribution >= 0.6 is 0 Å². The van der Waals surface area contributed by atoms with Crippen LogP contribution in [-0.4, -0.2) is 40.2 Å². The molecular weight excluding hydrogens is 344 g/mol. The molecule has 2 N–H and O–H groups in total. The Morgan fingerprint density at radius 3 is 2.63 bits per heavy atom. The van der Waals surface area contributed by atoms with Crippen molar-refractivity contribution in [1.29, 1.82) is 0 Å². The van der Waals surface area contributed by atoms with Crippen LogP contribution in [0.5, 0.6) is 17.2 Å². The van der Waals surface area contributed by atoms with Crippen LogP contribution < -0.4 is 24.8 Å². The average Bonchev–Trinajstić information content (AvgIpc) is 2.67. The number of benzene rings is 2. The Morgan fingerprint density at radius 2 is 1.93 bits per heavy atom. The number of hydrogen-bond acceptors (Lipinski definition) is 6. The minimum Gasteiger partial charge on any atom is -0.492 e. The van der Waals surface area contributed by atoms with Gasteiger partial charge in [-0.25, -0.2) is 0 Å². The number of carbonyl (C=O) groups excluding carboxylic acids is 1. The van der Waals surface area contributed by atoms with Gasteiger partial charge in [-0.05, 0) is 48.9 Å². The highest BCUT2D eigenvalue weighted by molar-refractivity contribution is 6.11. The first kappa shape index (κ1) is 18.6. The first-order valence-corrected chi connectivity index (χ1v) is 8.68.